The Labute approximate surface area is 282 Å². The summed E-state index contributed by atoms with van der Waals surface area (Å²) in [4.78, 5) is 61.2. The highest BCUT2D eigenvalue weighted by molar-refractivity contribution is 5.98. The fourth-order valence-electron chi connectivity index (χ4n) is 7.20. The lowest BCUT2D eigenvalue weighted by molar-refractivity contribution is -0.00336. The van der Waals surface area contributed by atoms with Crippen molar-refractivity contribution in [2.45, 2.75) is 96.5 Å². The van der Waals surface area contributed by atoms with Gasteiger partial charge in [0.1, 0.15) is 22.8 Å². The third-order valence-electron chi connectivity index (χ3n) is 9.60. The summed E-state index contributed by atoms with van der Waals surface area (Å²) in [5.41, 5.74) is 1.32. The molecule has 3 fully saturated rings. The van der Waals surface area contributed by atoms with Crippen molar-refractivity contribution >= 4 is 40.7 Å². The van der Waals surface area contributed by atoms with Gasteiger partial charge in [-0.2, -0.15) is 4.98 Å². The number of hydrogen-bond donors (Lipinski definition) is 1. The number of nitrogens with one attached hydrogen (secondary N) is 1. The van der Waals surface area contributed by atoms with Crippen LogP contribution >= 0.6 is 0 Å². The van der Waals surface area contributed by atoms with Crippen molar-refractivity contribution in [2.75, 3.05) is 45.6 Å². The number of fused-ring (bicyclic) bond motifs is 3. The van der Waals surface area contributed by atoms with Gasteiger partial charge >= 0.3 is 6.09 Å². The Morgan fingerprint density at radius 2 is 1.56 bits per heavy atom. The third-order valence-corrected chi connectivity index (χ3v) is 9.60. The fourth-order valence-corrected chi connectivity index (χ4v) is 7.20. The van der Waals surface area contributed by atoms with E-state index in [1.807, 2.05) is 36.6 Å². The zero-order chi connectivity index (χ0) is 34.5. The predicted molar refractivity (Wildman–Crippen MR) is 183 cm³/mol. The number of ether oxygens (including phenoxy) is 1. The van der Waals surface area contributed by atoms with Crippen LogP contribution in [0.2, 0.25) is 0 Å². The molecule has 3 aromatic heterocycles. The number of hydrogen-bond acceptors (Lipinski definition) is 9. The van der Waals surface area contributed by atoms with Crippen LogP contribution in [0, 0.1) is 0 Å². The number of likely N-dealkylation sites (tertiary alicyclic amines) is 2. The number of pyridine rings is 1. The molecule has 258 valence electrons. The normalized spacial score (nSPS) is 20.7. The van der Waals surface area contributed by atoms with E-state index in [-0.39, 0.29) is 41.6 Å². The maximum atomic E-state index is 13.5. The van der Waals surface area contributed by atoms with Crippen LogP contribution in [0.25, 0.3) is 11.0 Å². The number of rotatable bonds is 5. The second-order valence-corrected chi connectivity index (χ2v) is 15.5. The van der Waals surface area contributed by atoms with Crippen LogP contribution in [0.5, 0.6) is 0 Å². The van der Waals surface area contributed by atoms with Crippen LogP contribution in [0.1, 0.15) is 94.1 Å². The number of piperazine rings is 1. The number of carbonyl (C=O) groups excluding carboxylic acids is 3. The number of amides is 3. The molecule has 2 atom stereocenters. The number of anilines is 2. The number of nitrogens with zero attached hydrogens (tertiary/aromatic N) is 8. The average Bonchev–Trinajstić information content (AvgIpc) is 3.53. The van der Waals surface area contributed by atoms with Crippen LogP contribution in [-0.4, -0.2) is 121 Å². The molecule has 3 aromatic rings. The third kappa shape index (κ3) is 6.83. The first kappa shape index (κ1) is 33.6. The lowest BCUT2D eigenvalue weighted by atomic mass is 9.98. The van der Waals surface area contributed by atoms with Gasteiger partial charge in [-0.1, -0.05) is 0 Å². The van der Waals surface area contributed by atoms with Gasteiger partial charge in [0.25, 0.3) is 11.8 Å². The summed E-state index contributed by atoms with van der Waals surface area (Å²) in [6.45, 7) is 15.1. The van der Waals surface area contributed by atoms with Crippen LogP contribution in [0.4, 0.5) is 16.6 Å². The summed E-state index contributed by atoms with van der Waals surface area (Å²) in [6.07, 6.45) is 6.52. The lowest BCUT2D eigenvalue weighted by Crippen LogP contribution is -2.57. The summed E-state index contributed by atoms with van der Waals surface area (Å²) in [5.74, 6) is 0.684. The van der Waals surface area contributed by atoms with Gasteiger partial charge in [0.2, 0.25) is 5.95 Å². The fraction of sp³-hybridized carbons (Fsp3) is 0.600. The molecule has 3 amide bonds. The van der Waals surface area contributed by atoms with E-state index in [0.717, 1.165) is 44.2 Å². The van der Waals surface area contributed by atoms with E-state index in [0.29, 0.717) is 41.8 Å². The lowest BCUT2D eigenvalue weighted by Gasteiger charge is -2.41. The molecule has 6 heterocycles. The van der Waals surface area contributed by atoms with E-state index >= 15 is 0 Å². The number of aromatic nitrogens is 4. The maximum Gasteiger partial charge on any atom is 0.410 e. The summed E-state index contributed by atoms with van der Waals surface area (Å²) in [7, 11) is 3.53. The van der Waals surface area contributed by atoms with E-state index in [1.165, 1.54) is 0 Å². The van der Waals surface area contributed by atoms with Crippen molar-refractivity contribution in [3.63, 3.8) is 0 Å². The molecule has 48 heavy (non-hydrogen) atoms. The van der Waals surface area contributed by atoms with Gasteiger partial charge in [-0.15, -0.1) is 0 Å². The zero-order valence-electron chi connectivity index (χ0n) is 29.5. The second kappa shape index (κ2) is 12.6. The molecule has 2 unspecified atom stereocenters. The highest BCUT2D eigenvalue weighted by atomic mass is 16.6. The van der Waals surface area contributed by atoms with Crippen LogP contribution in [0.3, 0.4) is 0 Å². The Balaban J connectivity index is 1.17. The van der Waals surface area contributed by atoms with E-state index in [9.17, 15) is 14.4 Å². The van der Waals surface area contributed by atoms with Crippen molar-refractivity contribution in [2.24, 2.45) is 0 Å². The zero-order valence-corrected chi connectivity index (χ0v) is 29.5. The minimum Gasteiger partial charge on any atom is -0.444 e. The molecule has 0 radical (unpaired) electrons. The Kier molecular flexibility index (Phi) is 8.86. The Bertz CT molecular complexity index is 1670. The number of piperidine rings is 1. The van der Waals surface area contributed by atoms with Gasteiger partial charge in [-0.3, -0.25) is 19.4 Å². The molecule has 13 nitrogen and oxygen atoms in total. The molecule has 3 saturated heterocycles. The molecule has 3 aliphatic heterocycles. The number of carbonyl (C=O) groups is 3. The first-order chi connectivity index (χ1) is 22.6. The summed E-state index contributed by atoms with van der Waals surface area (Å²) in [5, 5.41) is 3.99. The van der Waals surface area contributed by atoms with Crippen molar-refractivity contribution in [1.29, 1.82) is 0 Å². The topological polar surface area (TPSA) is 129 Å². The maximum absolute atomic E-state index is 13.5. The second-order valence-electron chi connectivity index (χ2n) is 15.5. The molecule has 6 rings (SSSR count). The smallest absolute Gasteiger partial charge is 0.410 e. The van der Waals surface area contributed by atoms with Crippen LogP contribution < -0.4 is 5.32 Å². The predicted octanol–water partition coefficient (Wildman–Crippen LogP) is 4.93. The highest BCUT2D eigenvalue weighted by Gasteiger charge is 2.45. The molecule has 3 aliphatic rings. The van der Waals surface area contributed by atoms with Crippen molar-refractivity contribution < 1.29 is 19.1 Å². The van der Waals surface area contributed by atoms with Crippen molar-refractivity contribution in [3.8, 4) is 0 Å². The molecule has 0 aromatic carbocycles. The standard InChI is InChI=1S/C35H49N9O4/c1-34(2,3)42-15-13-24(14-16-42)44-27(31(46)40(7)8)17-23-19-37-32(39-29(23)44)38-28-12-9-22(18-36-28)30(45)41-20-25-10-11-26(21-41)43(25)33(47)48-35(4,5)6/h9,12,17-19,24-26H,10-11,13-16,20-21H2,1-8H3,(H,36,37,38,39). The van der Waals surface area contributed by atoms with E-state index in [1.54, 1.807) is 43.5 Å². The molecular weight excluding hydrogens is 610 g/mol. The average molecular weight is 660 g/mol. The van der Waals surface area contributed by atoms with E-state index in [2.05, 4.69) is 45.5 Å². The SMILES string of the molecule is CN(C)C(=O)c1cc2cnc(Nc3ccc(C(=O)N4CC5CCC(C4)N5C(=O)OC(C)(C)C)cn3)nc2n1C1CCN(C(C)(C)C)CC1. The summed E-state index contributed by atoms with van der Waals surface area (Å²) < 4.78 is 7.73. The molecule has 0 saturated carbocycles. The first-order valence-electron chi connectivity index (χ1n) is 17.0. The van der Waals surface area contributed by atoms with Gasteiger partial charge in [-0.05, 0) is 85.4 Å². The van der Waals surface area contributed by atoms with Gasteiger partial charge in [0.05, 0.1) is 17.6 Å². The Morgan fingerprint density at radius 1 is 0.896 bits per heavy atom. The minimum absolute atomic E-state index is 0.0537. The first-order valence-corrected chi connectivity index (χ1v) is 17.0. The summed E-state index contributed by atoms with van der Waals surface area (Å²) in [6, 6.07) is 5.40. The molecule has 0 spiro atoms. The molecule has 1 N–H and O–H groups in total. The van der Waals surface area contributed by atoms with Gasteiger partial charge in [0, 0.05) is 69.6 Å². The van der Waals surface area contributed by atoms with Crippen LogP contribution in [-0.2, 0) is 4.74 Å². The van der Waals surface area contributed by atoms with Gasteiger partial charge in [0.15, 0.2) is 0 Å². The van der Waals surface area contributed by atoms with Gasteiger partial charge in [-0.25, -0.2) is 14.8 Å². The van der Waals surface area contributed by atoms with Crippen molar-refractivity contribution in [3.05, 3.63) is 41.9 Å². The van der Waals surface area contributed by atoms with Gasteiger partial charge < -0.3 is 24.4 Å². The van der Waals surface area contributed by atoms with E-state index < -0.39 is 5.60 Å². The highest BCUT2D eigenvalue weighted by Crippen LogP contribution is 2.34. The Morgan fingerprint density at radius 3 is 2.12 bits per heavy atom. The molecule has 13 heteroatoms. The quantitative estimate of drug-likeness (QED) is 0.405. The monoisotopic (exact) mass is 659 g/mol. The summed E-state index contributed by atoms with van der Waals surface area (Å²) >= 11 is 0. The largest absolute Gasteiger partial charge is 0.444 e. The molecule has 0 aliphatic carbocycles. The minimum atomic E-state index is -0.565. The van der Waals surface area contributed by atoms with Crippen molar-refractivity contribution in [1.82, 2.24) is 39.1 Å². The molecular formula is C35H49N9O4. The van der Waals surface area contributed by atoms with Crippen LogP contribution in [0.15, 0.2) is 30.6 Å². The van der Waals surface area contributed by atoms with E-state index in [4.69, 9.17) is 9.72 Å². The molecule has 2 bridgehead atoms. The Hall–Kier alpha value is -4.26.